The molecule has 0 fully saturated rings. The lowest BCUT2D eigenvalue weighted by Crippen LogP contribution is -2.39. The van der Waals surface area contributed by atoms with Crippen LogP contribution in [0.5, 0.6) is 5.75 Å². The van der Waals surface area contributed by atoms with Crippen molar-refractivity contribution in [3.05, 3.63) is 66.2 Å². The molecule has 6 heteroatoms. The highest BCUT2D eigenvalue weighted by Crippen LogP contribution is 2.11. The molecule has 0 aliphatic rings. The fourth-order valence-corrected chi connectivity index (χ4v) is 2.07. The van der Waals surface area contributed by atoms with Crippen molar-refractivity contribution in [2.24, 2.45) is 5.73 Å². The summed E-state index contributed by atoms with van der Waals surface area (Å²) >= 11 is 0. The molecule has 0 radical (unpaired) electrons. The van der Waals surface area contributed by atoms with E-state index in [1.807, 2.05) is 36.4 Å². The molecule has 0 saturated carbocycles. The maximum Gasteiger partial charge on any atom is 0.246 e. The molecule has 126 valence electrons. The van der Waals surface area contributed by atoms with Crippen molar-refractivity contribution < 1.29 is 19.1 Å². The van der Waals surface area contributed by atoms with Crippen LogP contribution in [0.3, 0.4) is 0 Å². The van der Waals surface area contributed by atoms with Gasteiger partial charge in [0.1, 0.15) is 25.0 Å². The van der Waals surface area contributed by atoms with Crippen LogP contribution in [0, 0.1) is 0 Å². The van der Waals surface area contributed by atoms with E-state index in [0.29, 0.717) is 12.2 Å². The normalized spacial score (nSPS) is 11.5. The number of carbonyl (C=O) groups is 2. The second-order valence-electron chi connectivity index (χ2n) is 5.03. The highest BCUT2D eigenvalue weighted by atomic mass is 16.5. The molecule has 0 aromatic heterocycles. The SMILES string of the molecule is NC(=O)C(NC(=O)COCCOc1ccccc1)c1ccccc1. The fraction of sp³-hybridized carbons (Fsp3) is 0.222. The van der Waals surface area contributed by atoms with Crippen LogP contribution < -0.4 is 15.8 Å². The number of carbonyl (C=O) groups excluding carboxylic acids is 2. The Kier molecular flexibility index (Phi) is 6.79. The van der Waals surface area contributed by atoms with Crippen LogP contribution in [0.25, 0.3) is 0 Å². The maximum atomic E-state index is 11.9. The first-order valence-corrected chi connectivity index (χ1v) is 7.56. The number of hydrogen-bond donors (Lipinski definition) is 2. The molecule has 0 aliphatic carbocycles. The summed E-state index contributed by atoms with van der Waals surface area (Å²) in [6, 6.07) is 17.3. The van der Waals surface area contributed by atoms with Gasteiger partial charge in [0.25, 0.3) is 0 Å². The molecule has 0 saturated heterocycles. The van der Waals surface area contributed by atoms with E-state index in [-0.39, 0.29) is 13.2 Å². The molecule has 2 aromatic carbocycles. The van der Waals surface area contributed by atoms with Crippen molar-refractivity contribution in [3.8, 4) is 5.75 Å². The van der Waals surface area contributed by atoms with Gasteiger partial charge in [0.05, 0.1) is 6.61 Å². The third kappa shape index (κ3) is 5.73. The monoisotopic (exact) mass is 328 g/mol. The summed E-state index contributed by atoms with van der Waals surface area (Å²) in [4.78, 5) is 23.4. The Balaban J connectivity index is 1.71. The molecule has 0 heterocycles. The molecule has 0 bridgehead atoms. The van der Waals surface area contributed by atoms with Gasteiger partial charge in [-0.3, -0.25) is 9.59 Å². The lowest BCUT2D eigenvalue weighted by molar-refractivity contribution is -0.130. The average Bonchev–Trinajstić information content (AvgIpc) is 2.61. The van der Waals surface area contributed by atoms with E-state index in [1.165, 1.54) is 0 Å². The number of para-hydroxylation sites is 1. The average molecular weight is 328 g/mol. The van der Waals surface area contributed by atoms with Gasteiger partial charge in [-0.05, 0) is 17.7 Å². The molecule has 6 nitrogen and oxygen atoms in total. The van der Waals surface area contributed by atoms with Crippen LogP contribution in [0.15, 0.2) is 60.7 Å². The Labute approximate surface area is 140 Å². The Morgan fingerprint density at radius 3 is 2.21 bits per heavy atom. The summed E-state index contributed by atoms with van der Waals surface area (Å²) in [7, 11) is 0. The zero-order valence-corrected chi connectivity index (χ0v) is 13.2. The lowest BCUT2D eigenvalue weighted by atomic mass is 10.1. The minimum absolute atomic E-state index is 0.172. The van der Waals surface area contributed by atoms with Gasteiger partial charge < -0.3 is 20.5 Å². The number of hydrogen-bond acceptors (Lipinski definition) is 4. The number of rotatable bonds is 9. The number of nitrogens with one attached hydrogen (secondary N) is 1. The first-order valence-electron chi connectivity index (χ1n) is 7.56. The van der Waals surface area contributed by atoms with Gasteiger partial charge >= 0.3 is 0 Å². The molecule has 2 amide bonds. The van der Waals surface area contributed by atoms with Gasteiger partial charge in [0.2, 0.25) is 11.8 Å². The Morgan fingerprint density at radius 2 is 1.58 bits per heavy atom. The third-order valence-electron chi connectivity index (χ3n) is 3.20. The zero-order chi connectivity index (χ0) is 17.2. The number of primary amides is 1. The van der Waals surface area contributed by atoms with Gasteiger partial charge in [-0.1, -0.05) is 48.5 Å². The van der Waals surface area contributed by atoms with Crippen LogP contribution >= 0.6 is 0 Å². The van der Waals surface area contributed by atoms with Gasteiger partial charge in [0.15, 0.2) is 0 Å². The molecule has 1 atom stereocenters. The summed E-state index contributed by atoms with van der Waals surface area (Å²) in [5.74, 6) is -0.298. The molecular formula is C18H20N2O4. The Hall–Kier alpha value is -2.86. The van der Waals surface area contributed by atoms with Crippen LogP contribution in [0.1, 0.15) is 11.6 Å². The van der Waals surface area contributed by atoms with Gasteiger partial charge in [-0.2, -0.15) is 0 Å². The van der Waals surface area contributed by atoms with Crippen molar-refractivity contribution in [2.45, 2.75) is 6.04 Å². The molecular weight excluding hydrogens is 308 g/mol. The standard InChI is InChI=1S/C18H20N2O4/c19-18(22)17(14-7-3-1-4-8-14)20-16(21)13-23-11-12-24-15-9-5-2-6-10-15/h1-10,17H,11-13H2,(H2,19,22)(H,20,21). The molecule has 2 rings (SSSR count). The highest BCUT2D eigenvalue weighted by Gasteiger charge is 2.19. The van der Waals surface area contributed by atoms with Crippen molar-refractivity contribution in [3.63, 3.8) is 0 Å². The largest absolute Gasteiger partial charge is 0.491 e. The zero-order valence-electron chi connectivity index (χ0n) is 13.2. The van der Waals surface area contributed by atoms with Gasteiger partial charge in [0, 0.05) is 0 Å². The predicted octanol–water partition coefficient (Wildman–Crippen LogP) is 1.42. The number of nitrogens with two attached hydrogens (primary N) is 1. The number of amides is 2. The van der Waals surface area contributed by atoms with Crippen molar-refractivity contribution in [1.82, 2.24) is 5.32 Å². The van der Waals surface area contributed by atoms with Crippen LogP contribution in [0.4, 0.5) is 0 Å². The molecule has 24 heavy (non-hydrogen) atoms. The molecule has 3 N–H and O–H groups in total. The maximum absolute atomic E-state index is 11.9. The molecule has 0 spiro atoms. The minimum atomic E-state index is -0.872. The van der Waals surface area contributed by atoms with E-state index in [2.05, 4.69) is 5.32 Å². The Bertz CT molecular complexity index is 647. The molecule has 2 aromatic rings. The van der Waals surface area contributed by atoms with Crippen LogP contribution in [-0.4, -0.2) is 31.6 Å². The van der Waals surface area contributed by atoms with Crippen molar-refractivity contribution >= 4 is 11.8 Å². The van der Waals surface area contributed by atoms with E-state index in [9.17, 15) is 9.59 Å². The van der Waals surface area contributed by atoms with Gasteiger partial charge in [-0.15, -0.1) is 0 Å². The second kappa shape index (κ2) is 9.32. The topological polar surface area (TPSA) is 90.7 Å². The highest BCUT2D eigenvalue weighted by molar-refractivity contribution is 5.88. The van der Waals surface area contributed by atoms with E-state index in [0.717, 1.165) is 5.75 Å². The first-order chi connectivity index (χ1) is 11.7. The van der Waals surface area contributed by atoms with Crippen LogP contribution in [0.2, 0.25) is 0 Å². The summed E-state index contributed by atoms with van der Waals surface area (Å²) in [5, 5.41) is 2.56. The van der Waals surface area contributed by atoms with E-state index < -0.39 is 17.9 Å². The molecule has 0 aliphatic heterocycles. The number of benzene rings is 2. The smallest absolute Gasteiger partial charge is 0.246 e. The number of ether oxygens (including phenoxy) is 2. The third-order valence-corrected chi connectivity index (χ3v) is 3.20. The lowest BCUT2D eigenvalue weighted by Gasteiger charge is -2.16. The summed E-state index contributed by atoms with van der Waals surface area (Å²) in [6.07, 6.45) is 0. The van der Waals surface area contributed by atoms with Crippen molar-refractivity contribution in [2.75, 3.05) is 19.8 Å². The summed E-state index contributed by atoms with van der Waals surface area (Å²) in [6.45, 7) is 0.416. The fourth-order valence-electron chi connectivity index (χ4n) is 2.07. The van der Waals surface area contributed by atoms with Gasteiger partial charge in [-0.25, -0.2) is 0 Å². The summed E-state index contributed by atoms with van der Waals surface area (Å²) < 4.78 is 10.7. The second-order valence-corrected chi connectivity index (χ2v) is 5.03. The van der Waals surface area contributed by atoms with Crippen molar-refractivity contribution in [1.29, 1.82) is 0 Å². The van der Waals surface area contributed by atoms with E-state index in [4.69, 9.17) is 15.2 Å². The first kappa shape index (κ1) is 17.5. The van der Waals surface area contributed by atoms with E-state index in [1.54, 1.807) is 24.3 Å². The summed E-state index contributed by atoms with van der Waals surface area (Å²) in [5.41, 5.74) is 5.97. The quantitative estimate of drug-likeness (QED) is 0.681. The molecule has 1 unspecified atom stereocenters. The van der Waals surface area contributed by atoms with E-state index >= 15 is 0 Å². The predicted molar refractivity (Wildman–Crippen MR) is 89.3 cm³/mol. The van der Waals surface area contributed by atoms with Crippen LogP contribution in [-0.2, 0) is 14.3 Å². The Morgan fingerprint density at radius 1 is 0.958 bits per heavy atom. The minimum Gasteiger partial charge on any atom is -0.491 e.